The molecule has 0 fully saturated rings. The third-order valence-electron chi connectivity index (χ3n) is 6.67. The summed E-state index contributed by atoms with van der Waals surface area (Å²) in [6.45, 7) is 4.61. The van der Waals surface area contributed by atoms with Crippen LogP contribution in [-0.4, -0.2) is 33.4 Å². The number of nitrogens with zero attached hydrogens (tertiary/aromatic N) is 4. The van der Waals surface area contributed by atoms with E-state index in [4.69, 9.17) is 4.74 Å². The summed E-state index contributed by atoms with van der Waals surface area (Å²) in [6, 6.07) is 31.1. The number of rotatable bonds is 10. The summed E-state index contributed by atoms with van der Waals surface area (Å²) in [4.78, 5) is 29.8. The Morgan fingerprint density at radius 1 is 0.900 bits per heavy atom. The molecule has 2 amide bonds. The average molecular weight is 534 g/mol. The third kappa shape index (κ3) is 5.86. The number of aryl methyl sites for hydroxylation is 1. The lowest BCUT2D eigenvalue weighted by Gasteiger charge is -2.32. The van der Waals surface area contributed by atoms with E-state index in [0.717, 1.165) is 16.6 Å². The summed E-state index contributed by atoms with van der Waals surface area (Å²) in [6.07, 6.45) is 0. The van der Waals surface area contributed by atoms with Crippen LogP contribution in [0, 0.1) is 6.92 Å². The van der Waals surface area contributed by atoms with Crippen LogP contribution in [0.4, 0.5) is 5.69 Å². The van der Waals surface area contributed by atoms with Crippen LogP contribution in [0.15, 0.2) is 103 Å². The number of benzene rings is 4. The molecular weight excluding hydrogens is 502 g/mol. The van der Waals surface area contributed by atoms with Gasteiger partial charge < -0.3 is 10.1 Å². The quantitative estimate of drug-likeness (QED) is 0.266. The highest BCUT2D eigenvalue weighted by Gasteiger charge is 2.34. The fourth-order valence-corrected chi connectivity index (χ4v) is 4.70. The molecule has 0 saturated carbocycles. The van der Waals surface area contributed by atoms with Crippen molar-refractivity contribution in [3.8, 4) is 5.75 Å². The van der Waals surface area contributed by atoms with Gasteiger partial charge in [-0.2, -0.15) is 0 Å². The zero-order chi connectivity index (χ0) is 27.9. The number of carbonyl (C=O) groups is 2. The number of anilines is 1. The number of aromatic nitrogens is 3. The van der Waals surface area contributed by atoms with Gasteiger partial charge in [0.25, 0.3) is 0 Å². The van der Waals surface area contributed by atoms with Crippen molar-refractivity contribution in [2.45, 2.75) is 33.0 Å². The van der Waals surface area contributed by atoms with Crippen molar-refractivity contribution in [3.63, 3.8) is 0 Å². The Balaban J connectivity index is 1.56. The Morgan fingerprint density at radius 3 is 2.35 bits per heavy atom. The number of para-hydroxylation sites is 2. The van der Waals surface area contributed by atoms with E-state index in [2.05, 4.69) is 15.6 Å². The molecule has 1 aromatic heterocycles. The van der Waals surface area contributed by atoms with Gasteiger partial charge in [0, 0.05) is 12.2 Å². The first kappa shape index (κ1) is 26.6. The van der Waals surface area contributed by atoms with Crippen molar-refractivity contribution in [3.05, 3.63) is 120 Å². The Bertz CT molecular complexity index is 1600. The van der Waals surface area contributed by atoms with Crippen molar-refractivity contribution in [2.24, 2.45) is 0 Å². The minimum Gasteiger partial charge on any atom is -0.494 e. The molecule has 0 aliphatic rings. The number of ether oxygens (including phenoxy) is 1. The lowest BCUT2D eigenvalue weighted by molar-refractivity contribution is -0.127. The molecule has 8 nitrogen and oxygen atoms in total. The van der Waals surface area contributed by atoms with Crippen molar-refractivity contribution < 1.29 is 14.3 Å². The second-order valence-electron chi connectivity index (χ2n) is 9.39. The van der Waals surface area contributed by atoms with E-state index in [1.165, 1.54) is 0 Å². The molecule has 202 valence electrons. The number of hydrogen-bond donors (Lipinski definition) is 1. The largest absolute Gasteiger partial charge is 0.494 e. The predicted molar refractivity (Wildman–Crippen MR) is 155 cm³/mol. The van der Waals surface area contributed by atoms with Gasteiger partial charge in [-0.1, -0.05) is 78.0 Å². The molecule has 40 heavy (non-hydrogen) atoms. The van der Waals surface area contributed by atoms with E-state index >= 15 is 0 Å². The van der Waals surface area contributed by atoms with Gasteiger partial charge in [-0.15, -0.1) is 5.10 Å². The Labute approximate surface area is 233 Å². The number of amides is 2. The molecule has 5 rings (SSSR count). The number of nitrogens with one attached hydrogen (secondary N) is 1. The molecule has 5 aromatic rings. The van der Waals surface area contributed by atoms with Crippen molar-refractivity contribution in [1.29, 1.82) is 0 Å². The van der Waals surface area contributed by atoms with E-state index in [9.17, 15) is 9.59 Å². The van der Waals surface area contributed by atoms with Crippen LogP contribution in [-0.2, 0) is 22.7 Å². The fraction of sp³-hybridized carbons (Fsp3) is 0.188. The fourth-order valence-electron chi connectivity index (χ4n) is 4.70. The molecule has 0 bridgehead atoms. The maximum atomic E-state index is 14.2. The second kappa shape index (κ2) is 12.3. The summed E-state index contributed by atoms with van der Waals surface area (Å²) in [5.41, 5.74) is 4.57. The van der Waals surface area contributed by atoms with Gasteiger partial charge in [0.1, 0.15) is 23.9 Å². The zero-order valence-corrected chi connectivity index (χ0v) is 22.5. The maximum Gasteiger partial charge on any atom is 0.249 e. The van der Waals surface area contributed by atoms with Gasteiger partial charge in [0.15, 0.2) is 0 Å². The molecule has 0 radical (unpaired) electrons. The summed E-state index contributed by atoms with van der Waals surface area (Å²) in [5.74, 6) is 0.101. The second-order valence-corrected chi connectivity index (χ2v) is 9.39. The molecule has 4 aromatic carbocycles. The van der Waals surface area contributed by atoms with Crippen molar-refractivity contribution >= 4 is 28.5 Å². The lowest BCUT2D eigenvalue weighted by atomic mass is 10.0. The first-order chi connectivity index (χ1) is 19.5. The minimum absolute atomic E-state index is 0.0889. The van der Waals surface area contributed by atoms with Gasteiger partial charge >= 0.3 is 0 Å². The van der Waals surface area contributed by atoms with Crippen LogP contribution in [0.1, 0.15) is 29.7 Å². The standard InChI is InChI=1S/C32H31N5O3/c1-3-40-26-19-17-25(18-20-26)31(32(39)33-21-24-12-5-4-6-13-24)37(28-15-9-7-11-23(28)2)30(38)22-36-29-16-10-8-14-27(29)34-35-36/h4-20,31H,3,21-22H2,1-2H3,(H,33,39)/t31-/m0/s1. The van der Waals surface area contributed by atoms with Gasteiger partial charge in [-0.25, -0.2) is 4.68 Å². The summed E-state index contributed by atoms with van der Waals surface area (Å²) in [7, 11) is 0. The van der Waals surface area contributed by atoms with E-state index < -0.39 is 6.04 Å². The molecule has 0 aliphatic heterocycles. The molecule has 0 saturated heterocycles. The highest BCUT2D eigenvalue weighted by molar-refractivity contribution is 6.02. The lowest BCUT2D eigenvalue weighted by Crippen LogP contribution is -2.45. The summed E-state index contributed by atoms with van der Waals surface area (Å²) in [5, 5.41) is 11.5. The predicted octanol–water partition coefficient (Wildman–Crippen LogP) is 5.23. The van der Waals surface area contributed by atoms with E-state index in [1.54, 1.807) is 9.58 Å². The summed E-state index contributed by atoms with van der Waals surface area (Å²) < 4.78 is 7.20. The smallest absolute Gasteiger partial charge is 0.249 e. The Morgan fingerprint density at radius 2 is 1.60 bits per heavy atom. The number of carbonyl (C=O) groups excluding carboxylic acids is 2. The van der Waals surface area contributed by atoms with Gasteiger partial charge in [-0.3, -0.25) is 14.5 Å². The molecule has 8 heteroatoms. The van der Waals surface area contributed by atoms with Crippen LogP contribution < -0.4 is 15.0 Å². The van der Waals surface area contributed by atoms with Crippen LogP contribution >= 0.6 is 0 Å². The molecule has 1 heterocycles. The molecule has 1 N–H and O–H groups in total. The zero-order valence-electron chi connectivity index (χ0n) is 22.5. The van der Waals surface area contributed by atoms with Crippen LogP contribution in [0.3, 0.4) is 0 Å². The highest BCUT2D eigenvalue weighted by Crippen LogP contribution is 2.32. The van der Waals surface area contributed by atoms with E-state index in [1.807, 2.05) is 117 Å². The Kier molecular flexibility index (Phi) is 8.15. The topological polar surface area (TPSA) is 89.4 Å². The van der Waals surface area contributed by atoms with Crippen molar-refractivity contribution in [1.82, 2.24) is 20.3 Å². The van der Waals surface area contributed by atoms with Crippen LogP contribution in [0.25, 0.3) is 11.0 Å². The van der Waals surface area contributed by atoms with E-state index in [-0.39, 0.29) is 18.4 Å². The van der Waals surface area contributed by atoms with Crippen LogP contribution in [0.5, 0.6) is 5.75 Å². The van der Waals surface area contributed by atoms with Crippen molar-refractivity contribution in [2.75, 3.05) is 11.5 Å². The van der Waals surface area contributed by atoms with Crippen LogP contribution in [0.2, 0.25) is 0 Å². The van der Waals surface area contributed by atoms with Gasteiger partial charge in [0.05, 0.1) is 12.1 Å². The van der Waals surface area contributed by atoms with E-state index in [0.29, 0.717) is 35.7 Å². The highest BCUT2D eigenvalue weighted by atomic mass is 16.5. The maximum absolute atomic E-state index is 14.2. The first-order valence-corrected chi connectivity index (χ1v) is 13.3. The third-order valence-corrected chi connectivity index (χ3v) is 6.67. The monoisotopic (exact) mass is 533 g/mol. The Hall–Kier alpha value is -4.98. The van der Waals surface area contributed by atoms with Gasteiger partial charge in [0.2, 0.25) is 11.8 Å². The molecular formula is C32H31N5O3. The minimum atomic E-state index is -0.942. The first-order valence-electron chi connectivity index (χ1n) is 13.3. The SMILES string of the molecule is CCOc1ccc([C@@H](C(=O)NCc2ccccc2)N(C(=O)Cn2nnc3ccccc32)c2ccccc2C)cc1. The normalized spacial score (nSPS) is 11.7. The van der Waals surface area contributed by atoms with Gasteiger partial charge in [-0.05, 0) is 60.9 Å². The number of fused-ring (bicyclic) bond motifs is 1. The molecule has 0 aliphatic carbocycles. The molecule has 0 spiro atoms. The molecule has 1 atom stereocenters. The summed E-state index contributed by atoms with van der Waals surface area (Å²) >= 11 is 0. The average Bonchev–Trinajstić information content (AvgIpc) is 3.39. The molecule has 0 unspecified atom stereocenters. The number of hydrogen-bond acceptors (Lipinski definition) is 5.